The number of sulfonamides is 1. The molecule has 0 saturated heterocycles. The van der Waals surface area contributed by atoms with Gasteiger partial charge in [-0.1, -0.05) is 36.4 Å². The number of nitrogens with zero attached hydrogens (tertiary/aromatic N) is 1. The summed E-state index contributed by atoms with van der Waals surface area (Å²) in [5.74, 6) is 0. The quantitative estimate of drug-likeness (QED) is 0.811. The van der Waals surface area contributed by atoms with Gasteiger partial charge in [-0.05, 0) is 23.8 Å². The Bertz CT molecular complexity index is 741. The SMILES string of the molecule is O=CC1Cc2ccccc2N1S(=O)(=O)c1ccccc1. The molecule has 1 heterocycles. The predicted molar refractivity (Wildman–Crippen MR) is 76.1 cm³/mol. The monoisotopic (exact) mass is 287 g/mol. The van der Waals surface area contributed by atoms with Crippen molar-refractivity contribution in [1.29, 1.82) is 0 Å². The summed E-state index contributed by atoms with van der Waals surface area (Å²) in [5, 5.41) is 0. The minimum atomic E-state index is -3.71. The molecule has 0 aliphatic carbocycles. The van der Waals surface area contributed by atoms with Crippen LogP contribution in [0.1, 0.15) is 5.56 Å². The molecule has 1 atom stereocenters. The van der Waals surface area contributed by atoms with Gasteiger partial charge in [-0.3, -0.25) is 4.31 Å². The van der Waals surface area contributed by atoms with Crippen LogP contribution in [0.25, 0.3) is 0 Å². The first-order valence-electron chi connectivity index (χ1n) is 6.27. The summed E-state index contributed by atoms with van der Waals surface area (Å²) in [6, 6.07) is 14.7. The molecule has 0 fully saturated rings. The lowest BCUT2D eigenvalue weighted by Gasteiger charge is -2.23. The average Bonchev–Trinajstić information content (AvgIpc) is 2.87. The summed E-state index contributed by atoms with van der Waals surface area (Å²) in [6.45, 7) is 0. The van der Waals surface area contributed by atoms with Gasteiger partial charge in [0.2, 0.25) is 0 Å². The molecule has 5 heteroatoms. The highest BCUT2D eigenvalue weighted by molar-refractivity contribution is 7.93. The van der Waals surface area contributed by atoms with E-state index in [0.29, 0.717) is 18.4 Å². The van der Waals surface area contributed by atoms with Crippen molar-refractivity contribution in [1.82, 2.24) is 0 Å². The van der Waals surface area contributed by atoms with Gasteiger partial charge in [0.05, 0.1) is 10.6 Å². The fourth-order valence-electron chi connectivity index (χ4n) is 2.50. The molecule has 20 heavy (non-hydrogen) atoms. The summed E-state index contributed by atoms with van der Waals surface area (Å²) in [4.78, 5) is 11.5. The lowest BCUT2D eigenvalue weighted by atomic mass is 10.1. The first-order valence-corrected chi connectivity index (χ1v) is 7.71. The number of carbonyl (C=O) groups is 1. The molecule has 0 radical (unpaired) electrons. The first kappa shape index (κ1) is 12.9. The summed E-state index contributed by atoms with van der Waals surface area (Å²) in [6.07, 6.45) is 1.12. The smallest absolute Gasteiger partial charge is 0.264 e. The van der Waals surface area contributed by atoms with Crippen LogP contribution in [0.15, 0.2) is 59.5 Å². The highest BCUT2D eigenvalue weighted by Crippen LogP contribution is 2.35. The topological polar surface area (TPSA) is 54.5 Å². The second-order valence-electron chi connectivity index (χ2n) is 4.65. The Morgan fingerprint density at radius 1 is 1.00 bits per heavy atom. The van der Waals surface area contributed by atoms with Crippen LogP contribution in [0, 0.1) is 0 Å². The number of benzene rings is 2. The molecule has 0 spiro atoms. The molecule has 1 unspecified atom stereocenters. The van der Waals surface area contributed by atoms with Crippen molar-refractivity contribution < 1.29 is 13.2 Å². The number of carbonyl (C=O) groups excluding carboxylic acids is 1. The van der Waals surface area contributed by atoms with E-state index in [2.05, 4.69) is 0 Å². The van der Waals surface area contributed by atoms with Crippen LogP contribution in [0.5, 0.6) is 0 Å². The Kier molecular flexibility index (Phi) is 3.06. The average molecular weight is 287 g/mol. The zero-order valence-electron chi connectivity index (χ0n) is 10.6. The van der Waals surface area contributed by atoms with Crippen LogP contribution in [-0.2, 0) is 21.2 Å². The van der Waals surface area contributed by atoms with Gasteiger partial charge in [0.25, 0.3) is 10.0 Å². The minimum Gasteiger partial charge on any atom is -0.301 e. The van der Waals surface area contributed by atoms with Gasteiger partial charge in [0.1, 0.15) is 12.3 Å². The Morgan fingerprint density at radius 2 is 1.65 bits per heavy atom. The van der Waals surface area contributed by atoms with Gasteiger partial charge < -0.3 is 4.79 Å². The standard InChI is InChI=1S/C15H13NO3S/c17-11-13-10-12-6-4-5-9-15(12)16(13)20(18,19)14-7-2-1-3-8-14/h1-9,11,13H,10H2. The third kappa shape index (κ3) is 1.91. The van der Waals surface area contributed by atoms with E-state index in [4.69, 9.17) is 0 Å². The maximum atomic E-state index is 12.7. The normalized spacial score (nSPS) is 17.8. The fraction of sp³-hybridized carbons (Fsp3) is 0.133. The van der Waals surface area contributed by atoms with Crippen molar-refractivity contribution in [3.05, 3.63) is 60.2 Å². The highest BCUT2D eigenvalue weighted by atomic mass is 32.2. The largest absolute Gasteiger partial charge is 0.301 e. The zero-order valence-corrected chi connectivity index (χ0v) is 11.5. The second-order valence-corrected chi connectivity index (χ2v) is 6.47. The zero-order chi connectivity index (χ0) is 14.2. The van der Waals surface area contributed by atoms with E-state index in [1.54, 1.807) is 30.3 Å². The maximum absolute atomic E-state index is 12.7. The minimum absolute atomic E-state index is 0.198. The van der Waals surface area contributed by atoms with Gasteiger partial charge in [0.15, 0.2) is 0 Å². The van der Waals surface area contributed by atoms with Crippen LogP contribution >= 0.6 is 0 Å². The van der Waals surface area contributed by atoms with E-state index in [-0.39, 0.29) is 4.90 Å². The molecule has 1 aliphatic rings. The molecule has 0 saturated carbocycles. The van der Waals surface area contributed by atoms with Crippen molar-refractivity contribution in [3.8, 4) is 0 Å². The summed E-state index contributed by atoms with van der Waals surface area (Å²) >= 11 is 0. The number of hydrogen-bond acceptors (Lipinski definition) is 3. The van der Waals surface area contributed by atoms with Crippen molar-refractivity contribution in [2.45, 2.75) is 17.4 Å². The van der Waals surface area contributed by atoms with Crippen LogP contribution in [0.2, 0.25) is 0 Å². The lowest BCUT2D eigenvalue weighted by molar-refractivity contribution is -0.108. The van der Waals surface area contributed by atoms with Crippen LogP contribution in [-0.4, -0.2) is 20.7 Å². The van der Waals surface area contributed by atoms with Gasteiger partial charge >= 0.3 is 0 Å². The number of hydrogen-bond donors (Lipinski definition) is 0. The predicted octanol–water partition coefficient (Wildman–Crippen LogP) is 2.01. The molecule has 0 aromatic heterocycles. The molecule has 2 aromatic rings. The van der Waals surface area contributed by atoms with E-state index in [0.717, 1.165) is 5.56 Å². The summed E-state index contributed by atoms with van der Waals surface area (Å²) in [5.41, 5.74) is 1.47. The molecule has 0 amide bonds. The van der Waals surface area contributed by atoms with Gasteiger partial charge in [-0.15, -0.1) is 0 Å². The maximum Gasteiger partial charge on any atom is 0.264 e. The third-order valence-corrected chi connectivity index (χ3v) is 5.27. The Balaban J connectivity index is 2.15. The molecule has 1 aliphatic heterocycles. The number of para-hydroxylation sites is 1. The molecule has 0 N–H and O–H groups in total. The van der Waals surface area contributed by atoms with Gasteiger partial charge in [0, 0.05) is 6.42 Å². The molecular weight excluding hydrogens is 274 g/mol. The van der Waals surface area contributed by atoms with Crippen molar-refractivity contribution >= 4 is 22.0 Å². The van der Waals surface area contributed by atoms with E-state index >= 15 is 0 Å². The molecule has 3 rings (SSSR count). The molecule has 2 aromatic carbocycles. The van der Waals surface area contributed by atoms with E-state index in [9.17, 15) is 13.2 Å². The second kappa shape index (κ2) is 4.76. The third-order valence-electron chi connectivity index (χ3n) is 3.42. The molecule has 102 valence electrons. The number of fused-ring (bicyclic) bond motifs is 1. The molecule has 4 nitrogen and oxygen atoms in total. The van der Waals surface area contributed by atoms with E-state index in [1.807, 2.05) is 12.1 Å². The fourth-order valence-corrected chi connectivity index (χ4v) is 4.15. The highest BCUT2D eigenvalue weighted by Gasteiger charge is 2.37. The summed E-state index contributed by atoms with van der Waals surface area (Å²) < 4.78 is 26.7. The molecule has 0 bridgehead atoms. The summed E-state index contributed by atoms with van der Waals surface area (Å²) in [7, 11) is -3.71. The van der Waals surface area contributed by atoms with Crippen LogP contribution in [0.3, 0.4) is 0 Å². The van der Waals surface area contributed by atoms with Crippen molar-refractivity contribution in [3.63, 3.8) is 0 Å². The van der Waals surface area contributed by atoms with Gasteiger partial charge in [-0.2, -0.15) is 0 Å². The Morgan fingerprint density at radius 3 is 2.35 bits per heavy atom. The Labute approximate surface area is 117 Å². The van der Waals surface area contributed by atoms with Crippen molar-refractivity contribution in [2.24, 2.45) is 0 Å². The Hall–Kier alpha value is -2.14. The van der Waals surface area contributed by atoms with E-state index in [1.165, 1.54) is 16.4 Å². The lowest BCUT2D eigenvalue weighted by Crippen LogP contribution is -2.38. The molecular formula is C15H13NO3S. The van der Waals surface area contributed by atoms with Crippen LogP contribution < -0.4 is 4.31 Å². The number of rotatable bonds is 3. The van der Waals surface area contributed by atoms with E-state index < -0.39 is 16.1 Å². The van der Waals surface area contributed by atoms with Gasteiger partial charge in [-0.25, -0.2) is 8.42 Å². The van der Waals surface area contributed by atoms with Crippen molar-refractivity contribution in [2.75, 3.05) is 4.31 Å². The van der Waals surface area contributed by atoms with Crippen LogP contribution in [0.4, 0.5) is 5.69 Å². The number of anilines is 1. The first-order chi connectivity index (χ1) is 9.64. The number of aldehydes is 1.